The molecule has 0 aliphatic carbocycles. The first-order valence-electron chi connectivity index (χ1n) is 0.966. The molecular weight excluding hydrogens is 91.0 g/mol. The van der Waals surface area contributed by atoms with Crippen LogP contribution in [0.5, 0.6) is 0 Å². The van der Waals surface area contributed by atoms with E-state index in [1.807, 2.05) is 0 Å². The Balaban J connectivity index is 0. The minimum absolute atomic E-state index is 0. The third-order valence-electron chi connectivity index (χ3n) is 0.123. The number of carbonyl (C=O) groups is 1. The Labute approximate surface area is 57.8 Å². The van der Waals surface area contributed by atoms with Gasteiger partial charge in [0, 0.05) is 5.92 Å². The summed E-state index contributed by atoms with van der Waals surface area (Å²) >= 11 is 0. The van der Waals surface area contributed by atoms with E-state index in [0.29, 0.717) is 0 Å². The van der Waals surface area contributed by atoms with Gasteiger partial charge in [0.05, 0.1) is 0 Å². The monoisotopic (exact) mass is 94.0 g/mol. The van der Waals surface area contributed by atoms with Gasteiger partial charge in [-0.1, -0.05) is 0 Å². The zero-order chi connectivity index (χ0) is 4.28. The van der Waals surface area contributed by atoms with Crippen molar-refractivity contribution in [2.24, 2.45) is 0 Å². The second kappa shape index (κ2) is 5.03. The van der Waals surface area contributed by atoms with Gasteiger partial charge in [0.2, 0.25) is 0 Å². The second-order valence-corrected chi connectivity index (χ2v) is 0.449. The molecule has 0 heterocycles. The summed E-state index contributed by atoms with van der Waals surface area (Å²) in [6.07, 6.45) is 4.32. The number of hydrogen-bond donors (Lipinski definition) is 1. The van der Waals surface area contributed by atoms with Gasteiger partial charge in [-0.15, -0.1) is 6.42 Å². The number of aliphatic carboxylic acids is 1. The van der Waals surface area contributed by atoms with Crippen LogP contribution in [0.25, 0.3) is 0 Å². The molecule has 0 aliphatic heterocycles. The Morgan fingerprint density at radius 3 is 2.00 bits per heavy atom. The van der Waals surface area contributed by atoms with E-state index < -0.39 is 5.97 Å². The molecular formula is C3H3NaO2. The fourth-order valence-corrected chi connectivity index (χ4v) is 0. The molecule has 1 N–H and O–H groups in total. The van der Waals surface area contributed by atoms with Crippen molar-refractivity contribution in [1.82, 2.24) is 0 Å². The summed E-state index contributed by atoms with van der Waals surface area (Å²) in [5.41, 5.74) is 0. The van der Waals surface area contributed by atoms with Crippen LogP contribution in [0.15, 0.2) is 0 Å². The van der Waals surface area contributed by atoms with Crippen molar-refractivity contribution in [3.8, 4) is 12.3 Å². The molecule has 0 aromatic rings. The van der Waals surface area contributed by atoms with Crippen molar-refractivity contribution in [3.63, 3.8) is 0 Å². The number of carboxylic acid groups (broad SMARTS) is 1. The van der Waals surface area contributed by atoms with Gasteiger partial charge in [0.1, 0.15) is 0 Å². The normalized spacial score (nSPS) is 4.50. The summed E-state index contributed by atoms with van der Waals surface area (Å²) in [7, 11) is 0. The Bertz CT molecular complexity index is 81.3. The van der Waals surface area contributed by atoms with Crippen molar-refractivity contribution in [2.75, 3.05) is 0 Å². The van der Waals surface area contributed by atoms with E-state index in [1.54, 1.807) is 0 Å². The Kier molecular flexibility index (Phi) is 7.88. The summed E-state index contributed by atoms with van der Waals surface area (Å²) in [5, 5.41) is 7.49. The molecule has 0 aromatic carbocycles. The molecule has 0 fully saturated rings. The molecule has 0 unspecified atom stereocenters. The Hall–Kier alpha value is 0.0300. The average molecular weight is 94.0 g/mol. The first-order chi connectivity index (χ1) is 2.27. The minimum atomic E-state index is -1.22. The Morgan fingerprint density at radius 1 is 1.83 bits per heavy atom. The molecule has 0 rings (SSSR count). The van der Waals surface area contributed by atoms with Crippen molar-refractivity contribution in [3.05, 3.63) is 0 Å². The van der Waals surface area contributed by atoms with Crippen LogP contribution in [0, 0.1) is 12.3 Å². The molecule has 2 nitrogen and oxygen atoms in total. The molecule has 0 aromatic heterocycles. The third-order valence-corrected chi connectivity index (χ3v) is 0.123. The summed E-state index contributed by atoms with van der Waals surface area (Å²) in [5.74, 6) is 0.227. The van der Waals surface area contributed by atoms with E-state index in [-0.39, 0.29) is 29.6 Å². The maximum atomic E-state index is 9.13. The molecule has 3 heteroatoms. The molecule has 0 atom stereocenters. The van der Waals surface area contributed by atoms with Crippen LogP contribution in [0.2, 0.25) is 0 Å². The molecule has 0 bridgehead atoms. The van der Waals surface area contributed by atoms with Gasteiger partial charge < -0.3 is 5.11 Å². The average Bonchev–Trinajstić information content (AvgIpc) is 1.38. The summed E-state index contributed by atoms with van der Waals surface area (Å²) in [6.45, 7) is 0. The predicted octanol–water partition coefficient (Wildman–Crippen LogP) is -0.944. The van der Waals surface area contributed by atoms with Gasteiger partial charge in [-0.2, -0.15) is 0 Å². The zero-order valence-corrected chi connectivity index (χ0v) is 2.43. The van der Waals surface area contributed by atoms with E-state index >= 15 is 0 Å². The van der Waals surface area contributed by atoms with E-state index in [0.717, 1.165) is 0 Å². The number of rotatable bonds is 0. The fourth-order valence-electron chi connectivity index (χ4n) is 0. The van der Waals surface area contributed by atoms with Gasteiger partial charge in [-0.05, 0) is 0 Å². The van der Waals surface area contributed by atoms with E-state index in [1.165, 1.54) is 5.92 Å². The van der Waals surface area contributed by atoms with Crippen LogP contribution < -0.4 is 0 Å². The van der Waals surface area contributed by atoms with Crippen molar-refractivity contribution >= 4 is 35.5 Å². The second-order valence-electron chi connectivity index (χ2n) is 0.449. The van der Waals surface area contributed by atoms with E-state index in [2.05, 4.69) is 6.42 Å². The van der Waals surface area contributed by atoms with E-state index in [9.17, 15) is 0 Å². The fraction of sp³-hybridized carbons (Fsp3) is 0. The molecule has 6 heavy (non-hydrogen) atoms. The van der Waals surface area contributed by atoms with Crippen molar-refractivity contribution in [1.29, 1.82) is 0 Å². The van der Waals surface area contributed by atoms with Crippen LogP contribution in [0.3, 0.4) is 0 Å². The molecule has 0 saturated heterocycles. The molecule has 0 amide bonds. The molecule has 0 radical (unpaired) electrons. The van der Waals surface area contributed by atoms with E-state index in [4.69, 9.17) is 9.90 Å². The summed E-state index contributed by atoms with van der Waals surface area (Å²) in [6, 6.07) is 0. The topological polar surface area (TPSA) is 37.3 Å². The molecule has 0 aliphatic rings. The SMILES string of the molecule is C#CC(=O)O.[NaH]. The van der Waals surface area contributed by atoms with Gasteiger partial charge >= 0.3 is 35.5 Å². The quantitative estimate of drug-likeness (QED) is 0.310. The van der Waals surface area contributed by atoms with Gasteiger partial charge in [-0.3, -0.25) is 0 Å². The molecule has 0 spiro atoms. The number of carboxylic acids is 1. The first-order valence-corrected chi connectivity index (χ1v) is 0.966. The number of terminal acetylenes is 1. The van der Waals surface area contributed by atoms with Gasteiger partial charge in [0.25, 0.3) is 0 Å². The van der Waals surface area contributed by atoms with Crippen LogP contribution in [-0.4, -0.2) is 40.6 Å². The zero-order valence-electron chi connectivity index (χ0n) is 2.43. The van der Waals surface area contributed by atoms with Crippen molar-refractivity contribution in [2.45, 2.75) is 0 Å². The standard InChI is InChI=1S/C3H2O2.Na.H/c1-2-3(4)5;;/h1H,(H,4,5);;. The van der Waals surface area contributed by atoms with Gasteiger partial charge in [0.15, 0.2) is 0 Å². The first kappa shape index (κ1) is 9.39. The third kappa shape index (κ3) is 8.98. The Morgan fingerprint density at radius 2 is 2.00 bits per heavy atom. The number of hydrogen-bond acceptors (Lipinski definition) is 1. The van der Waals surface area contributed by atoms with Crippen LogP contribution in [-0.2, 0) is 4.79 Å². The molecule has 28 valence electrons. The van der Waals surface area contributed by atoms with Crippen molar-refractivity contribution < 1.29 is 9.90 Å². The molecule has 0 saturated carbocycles. The van der Waals surface area contributed by atoms with Crippen LogP contribution in [0.4, 0.5) is 0 Å². The van der Waals surface area contributed by atoms with Crippen LogP contribution >= 0.6 is 0 Å². The summed E-state index contributed by atoms with van der Waals surface area (Å²) in [4.78, 5) is 9.13. The maximum absolute atomic E-state index is 9.13. The van der Waals surface area contributed by atoms with Gasteiger partial charge in [-0.25, -0.2) is 4.79 Å². The van der Waals surface area contributed by atoms with Crippen LogP contribution in [0.1, 0.15) is 0 Å². The summed E-state index contributed by atoms with van der Waals surface area (Å²) < 4.78 is 0. The predicted molar refractivity (Wildman–Crippen MR) is 23.6 cm³/mol.